The molecule has 1 aromatic carbocycles. The minimum atomic E-state index is -0.396. The molecule has 100 valence electrons. The monoisotopic (exact) mass is 375 g/mol. The van der Waals surface area contributed by atoms with Gasteiger partial charge in [0.15, 0.2) is 5.69 Å². The number of benzene rings is 1. The zero-order chi connectivity index (χ0) is 13.8. The number of carbonyl (C=O) groups is 1. The van der Waals surface area contributed by atoms with Crippen LogP contribution < -0.4 is 11.1 Å². The number of carbonyl (C=O) groups excluding carboxylic acids is 1. The number of amides is 1. The molecule has 0 aliphatic heterocycles. The highest BCUT2D eigenvalue weighted by molar-refractivity contribution is 14.1. The third kappa shape index (κ3) is 3.47. The van der Waals surface area contributed by atoms with E-state index in [4.69, 9.17) is 5.73 Å². The Hall–Kier alpha value is -1.55. The van der Waals surface area contributed by atoms with Gasteiger partial charge in [0.1, 0.15) is 5.82 Å². The third-order valence-electron chi connectivity index (χ3n) is 2.31. The predicted molar refractivity (Wildman–Crippen MR) is 76.1 cm³/mol. The summed E-state index contributed by atoms with van der Waals surface area (Å²) in [4.78, 5) is 11.9. The molecule has 0 bridgehead atoms. The first kappa shape index (κ1) is 13.9. The van der Waals surface area contributed by atoms with Gasteiger partial charge in [-0.3, -0.25) is 9.48 Å². The van der Waals surface area contributed by atoms with E-state index in [1.54, 1.807) is 0 Å². The van der Waals surface area contributed by atoms with Crippen LogP contribution in [0.3, 0.4) is 0 Å². The molecule has 8 heteroatoms. The van der Waals surface area contributed by atoms with Gasteiger partial charge in [-0.05, 0) is 40.8 Å². The van der Waals surface area contributed by atoms with Crippen molar-refractivity contribution < 1.29 is 9.18 Å². The smallest absolute Gasteiger partial charge is 0.277 e. The topological polar surface area (TPSA) is 85.8 Å². The summed E-state index contributed by atoms with van der Waals surface area (Å²) in [6, 6.07) is 4.11. The number of halogens is 2. The van der Waals surface area contributed by atoms with Gasteiger partial charge in [-0.2, -0.15) is 0 Å². The molecule has 1 heterocycles. The highest BCUT2D eigenvalue weighted by atomic mass is 127. The van der Waals surface area contributed by atoms with Crippen molar-refractivity contribution in [2.75, 3.05) is 11.9 Å². The van der Waals surface area contributed by atoms with Crippen molar-refractivity contribution in [1.82, 2.24) is 15.0 Å². The van der Waals surface area contributed by atoms with Gasteiger partial charge >= 0.3 is 0 Å². The summed E-state index contributed by atoms with van der Waals surface area (Å²) in [7, 11) is 0. The van der Waals surface area contributed by atoms with E-state index in [9.17, 15) is 9.18 Å². The van der Waals surface area contributed by atoms with E-state index in [0.717, 1.165) is 0 Å². The molecule has 2 aromatic rings. The van der Waals surface area contributed by atoms with Crippen molar-refractivity contribution in [3.05, 3.63) is 39.5 Å². The van der Waals surface area contributed by atoms with E-state index >= 15 is 0 Å². The van der Waals surface area contributed by atoms with Gasteiger partial charge in [-0.25, -0.2) is 4.39 Å². The molecule has 1 aromatic heterocycles. The predicted octanol–water partition coefficient (Wildman–Crippen LogP) is 1.23. The summed E-state index contributed by atoms with van der Waals surface area (Å²) in [5, 5.41) is 10.2. The summed E-state index contributed by atoms with van der Waals surface area (Å²) in [5.41, 5.74) is 6.09. The fraction of sp³-hybridized carbons (Fsp3) is 0.182. The van der Waals surface area contributed by atoms with Crippen molar-refractivity contribution in [1.29, 1.82) is 0 Å². The van der Waals surface area contributed by atoms with Crippen molar-refractivity contribution in [3.63, 3.8) is 0 Å². The Labute approximate surface area is 122 Å². The first-order chi connectivity index (χ1) is 9.10. The van der Waals surface area contributed by atoms with Crippen molar-refractivity contribution in [2.24, 2.45) is 5.73 Å². The first-order valence-electron chi connectivity index (χ1n) is 5.47. The van der Waals surface area contributed by atoms with Crippen LogP contribution in [0, 0.1) is 9.39 Å². The lowest BCUT2D eigenvalue weighted by Gasteiger charge is -2.05. The zero-order valence-corrected chi connectivity index (χ0v) is 12.0. The van der Waals surface area contributed by atoms with Gasteiger partial charge < -0.3 is 11.1 Å². The number of nitrogens with two attached hydrogens (primary N) is 1. The summed E-state index contributed by atoms with van der Waals surface area (Å²) in [6.07, 6.45) is 1.51. The largest absolute Gasteiger partial charge is 0.329 e. The van der Waals surface area contributed by atoms with Crippen molar-refractivity contribution in [2.45, 2.75) is 6.54 Å². The maximum atomic E-state index is 12.9. The second-order valence-corrected chi connectivity index (χ2v) is 4.90. The Balaban J connectivity index is 2.11. The molecule has 1 amide bonds. The molecule has 0 unspecified atom stereocenters. The van der Waals surface area contributed by atoms with Crippen LogP contribution in [-0.2, 0) is 6.54 Å². The highest BCUT2D eigenvalue weighted by Crippen LogP contribution is 2.19. The molecule has 0 saturated carbocycles. The number of rotatable bonds is 4. The van der Waals surface area contributed by atoms with E-state index in [1.807, 2.05) is 22.6 Å². The average molecular weight is 375 g/mol. The molecular formula is C11H11FIN5O. The van der Waals surface area contributed by atoms with Gasteiger partial charge in [0.05, 0.1) is 18.4 Å². The van der Waals surface area contributed by atoms with Crippen LogP contribution in [0.1, 0.15) is 10.5 Å². The minimum Gasteiger partial charge on any atom is -0.329 e. The second-order valence-electron chi connectivity index (χ2n) is 3.73. The number of nitrogens with one attached hydrogen (secondary N) is 1. The SMILES string of the molecule is NCCn1cc(C(=O)Nc2ccc(F)cc2I)nn1. The maximum absolute atomic E-state index is 12.9. The van der Waals surface area contributed by atoms with Crippen LogP contribution in [0.2, 0.25) is 0 Å². The second kappa shape index (κ2) is 6.06. The van der Waals surface area contributed by atoms with E-state index in [1.165, 1.54) is 29.1 Å². The van der Waals surface area contributed by atoms with Gasteiger partial charge in [0, 0.05) is 10.1 Å². The summed E-state index contributed by atoms with van der Waals surface area (Å²) < 4.78 is 15.0. The summed E-state index contributed by atoms with van der Waals surface area (Å²) in [5.74, 6) is -0.746. The quantitative estimate of drug-likeness (QED) is 0.788. The number of hydrogen-bond acceptors (Lipinski definition) is 4. The number of nitrogens with zero attached hydrogens (tertiary/aromatic N) is 3. The van der Waals surface area contributed by atoms with Crippen LogP contribution in [0.4, 0.5) is 10.1 Å². The van der Waals surface area contributed by atoms with E-state index in [0.29, 0.717) is 22.3 Å². The molecule has 19 heavy (non-hydrogen) atoms. The van der Waals surface area contributed by atoms with Crippen molar-refractivity contribution in [3.8, 4) is 0 Å². The zero-order valence-electron chi connectivity index (χ0n) is 9.81. The average Bonchev–Trinajstić information content (AvgIpc) is 2.82. The fourth-order valence-corrected chi connectivity index (χ4v) is 2.03. The number of anilines is 1. The van der Waals surface area contributed by atoms with Crippen molar-refractivity contribution >= 4 is 34.2 Å². The molecule has 0 atom stereocenters. The standard InChI is InChI=1S/C11H11FIN5O/c12-7-1-2-9(8(13)5-7)15-11(19)10-6-18(4-3-14)17-16-10/h1-2,5-6H,3-4,14H2,(H,15,19). The molecule has 6 nitrogen and oxygen atoms in total. The van der Waals surface area contributed by atoms with Gasteiger partial charge in [0.25, 0.3) is 5.91 Å². The molecule has 0 aliphatic carbocycles. The molecule has 2 rings (SSSR count). The molecule has 0 saturated heterocycles. The Morgan fingerprint density at radius 1 is 1.53 bits per heavy atom. The van der Waals surface area contributed by atoms with Crippen LogP contribution in [-0.4, -0.2) is 27.4 Å². The number of aromatic nitrogens is 3. The third-order valence-corrected chi connectivity index (χ3v) is 3.20. The van der Waals surface area contributed by atoms with Gasteiger partial charge in [-0.15, -0.1) is 5.10 Å². The van der Waals surface area contributed by atoms with E-state index in [-0.39, 0.29) is 11.5 Å². The van der Waals surface area contributed by atoms with Gasteiger partial charge in [-0.1, -0.05) is 5.21 Å². The summed E-state index contributed by atoms with van der Waals surface area (Å²) >= 11 is 1.94. The van der Waals surface area contributed by atoms with Crippen LogP contribution in [0.15, 0.2) is 24.4 Å². The van der Waals surface area contributed by atoms with E-state index < -0.39 is 5.91 Å². The number of hydrogen-bond donors (Lipinski definition) is 2. The normalized spacial score (nSPS) is 10.5. The molecule has 0 spiro atoms. The highest BCUT2D eigenvalue weighted by Gasteiger charge is 2.12. The first-order valence-corrected chi connectivity index (χ1v) is 6.54. The Morgan fingerprint density at radius 3 is 3.00 bits per heavy atom. The van der Waals surface area contributed by atoms with Crippen LogP contribution in [0.25, 0.3) is 0 Å². The Kier molecular flexibility index (Phi) is 4.43. The van der Waals surface area contributed by atoms with Crippen LogP contribution >= 0.6 is 22.6 Å². The molecule has 0 fully saturated rings. The van der Waals surface area contributed by atoms with Gasteiger partial charge in [0.2, 0.25) is 0 Å². The lowest BCUT2D eigenvalue weighted by molar-refractivity contribution is 0.102. The molecule has 3 N–H and O–H groups in total. The summed E-state index contributed by atoms with van der Waals surface area (Å²) in [6.45, 7) is 0.911. The lowest BCUT2D eigenvalue weighted by Crippen LogP contribution is -2.13. The fourth-order valence-electron chi connectivity index (χ4n) is 1.42. The van der Waals surface area contributed by atoms with E-state index in [2.05, 4.69) is 15.6 Å². The Bertz CT molecular complexity index is 601. The minimum absolute atomic E-state index is 0.188. The molecule has 0 radical (unpaired) electrons. The molecular weight excluding hydrogens is 364 g/mol. The molecule has 0 aliphatic rings. The maximum Gasteiger partial charge on any atom is 0.277 e. The Morgan fingerprint density at radius 2 is 2.32 bits per heavy atom. The van der Waals surface area contributed by atoms with Crippen LogP contribution in [0.5, 0.6) is 0 Å². The lowest BCUT2D eigenvalue weighted by atomic mass is 10.3.